The lowest BCUT2D eigenvalue weighted by molar-refractivity contribution is 0.407. The predicted molar refractivity (Wildman–Crippen MR) is 203 cm³/mol. The Bertz CT molecular complexity index is 1390. The van der Waals surface area contributed by atoms with Crippen molar-refractivity contribution in [1.29, 1.82) is 0 Å². The zero-order valence-corrected chi connectivity index (χ0v) is 33.1. The molecule has 1 N–H and O–H groups in total. The molecule has 0 saturated carbocycles. The van der Waals surface area contributed by atoms with Crippen molar-refractivity contribution in [2.75, 3.05) is 23.3 Å². The van der Waals surface area contributed by atoms with Gasteiger partial charge in [-0.15, -0.1) is 0 Å². The van der Waals surface area contributed by atoms with Gasteiger partial charge in [0.1, 0.15) is 11.6 Å². The molecule has 4 aromatic rings. The first-order chi connectivity index (χ1) is 21.2. The maximum absolute atomic E-state index is 5.95. The molecule has 45 heavy (non-hydrogen) atoms. The van der Waals surface area contributed by atoms with E-state index < -0.39 is 0 Å². The Balaban J connectivity index is 0.000000259. The van der Waals surface area contributed by atoms with Crippen LogP contribution in [0.4, 0.5) is 11.6 Å². The van der Waals surface area contributed by atoms with E-state index in [2.05, 4.69) is 168 Å². The molecule has 0 unspecified atom stereocenters. The van der Waals surface area contributed by atoms with Crippen LogP contribution < -0.4 is 10.2 Å². The van der Waals surface area contributed by atoms with Gasteiger partial charge in [0.25, 0.3) is 0 Å². The molecule has 0 saturated heterocycles. The number of rotatable bonds is 9. The van der Waals surface area contributed by atoms with Crippen LogP contribution in [0.25, 0.3) is 0 Å². The zero-order valence-electron chi connectivity index (χ0n) is 26.8. The van der Waals surface area contributed by atoms with Crippen LogP contribution >= 0.6 is 71.0 Å². The molecule has 2 aromatic heterocycles. The van der Waals surface area contributed by atoms with E-state index >= 15 is 0 Å². The Morgan fingerprint density at radius 2 is 1.07 bits per heavy atom. The SMILES string of the molecule is BrCc1ccc(CBr)cc1.CC(C)(C)CN(Cc1ccc(CBr)cc1)c1ccnc(Cl)n1.CC(C)(C)CNc1ccnc(Cl)n1. The number of anilines is 2. The van der Waals surface area contributed by atoms with Gasteiger partial charge in [0, 0.05) is 48.0 Å². The lowest BCUT2D eigenvalue weighted by atomic mass is 9.95. The molecule has 11 heteroatoms. The molecule has 0 spiro atoms. The monoisotopic (exact) mass is 842 g/mol. The molecule has 0 aliphatic carbocycles. The van der Waals surface area contributed by atoms with E-state index in [1.165, 1.54) is 22.3 Å². The van der Waals surface area contributed by atoms with Crippen molar-refractivity contribution in [2.45, 2.75) is 64.1 Å². The van der Waals surface area contributed by atoms with Gasteiger partial charge in [0.15, 0.2) is 0 Å². The number of nitrogens with one attached hydrogen (secondary N) is 1. The second-order valence-electron chi connectivity index (χ2n) is 12.8. The summed E-state index contributed by atoms with van der Waals surface area (Å²) in [5.41, 5.74) is 5.57. The number of hydrogen-bond donors (Lipinski definition) is 1. The largest absolute Gasteiger partial charge is 0.369 e. The fourth-order valence-electron chi connectivity index (χ4n) is 3.75. The number of hydrogen-bond acceptors (Lipinski definition) is 6. The van der Waals surface area contributed by atoms with Crippen LogP contribution in [0.15, 0.2) is 73.1 Å². The second-order valence-corrected chi connectivity index (χ2v) is 15.1. The summed E-state index contributed by atoms with van der Waals surface area (Å²) in [6, 6.07) is 20.8. The molecule has 4 rings (SSSR count). The van der Waals surface area contributed by atoms with Gasteiger partial charge in [-0.3, -0.25) is 0 Å². The molecule has 0 bridgehead atoms. The number of aromatic nitrogens is 4. The first kappa shape index (κ1) is 39.4. The molecule has 0 aliphatic rings. The number of halogens is 5. The minimum atomic E-state index is 0.160. The van der Waals surface area contributed by atoms with Crippen molar-refractivity contribution in [3.63, 3.8) is 0 Å². The van der Waals surface area contributed by atoms with Gasteiger partial charge in [-0.25, -0.2) is 19.9 Å². The Kier molecular flexibility index (Phi) is 17.3. The van der Waals surface area contributed by atoms with Crippen molar-refractivity contribution in [1.82, 2.24) is 19.9 Å². The maximum atomic E-state index is 5.95. The van der Waals surface area contributed by atoms with E-state index in [9.17, 15) is 0 Å². The molecular formula is C34H43Br3Cl2N6. The van der Waals surface area contributed by atoms with Crippen molar-refractivity contribution >= 4 is 82.6 Å². The minimum Gasteiger partial charge on any atom is -0.369 e. The molecule has 244 valence electrons. The van der Waals surface area contributed by atoms with Gasteiger partial charge in [-0.1, -0.05) is 138 Å². The van der Waals surface area contributed by atoms with Crippen LogP contribution in [0.3, 0.4) is 0 Å². The molecule has 0 aliphatic heterocycles. The van der Waals surface area contributed by atoms with Crippen molar-refractivity contribution in [3.05, 3.63) is 106 Å². The Labute approximate surface area is 304 Å². The highest BCUT2D eigenvalue weighted by atomic mass is 79.9. The highest BCUT2D eigenvalue weighted by Gasteiger charge is 2.18. The molecule has 6 nitrogen and oxygen atoms in total. The summed E-state index contributed by atoms with van der Waals surface area (Å²) in [6.45, 7) is 15.7. The second kappa shape index (κ2) is 19.8. The molecule has 0 radical (unpaired) electrons. The molecular weight excluding hydrogens is 803 g/mol. The quantitative estimate of drug-likeness (QED) is 0.134. The maximum Gasteiger partial charge on any atom is 0.224 e. The summed E-state index contributed by atoms with van der Waals surface area (Å²) in [4.78, 5) is 18.4. The van der Waals surface area contributed by atoms with Crippen molar-refractivity contribution < 1.29 is 0 Å². The number of benzene rings is 2. The Morgan fingerprint density at radius 3 is 1.47 bits per heavy atom. The Morgan fingerprint density at radius 1 is 0.622 bits per heavy atom. The number of nitrogens with zero attached hydrogens (tertiary/aromatic N) is 5. The normalized spacial score (nSPS) is 11.1. The van der Waals surface area contributed by atoms with Gasteiger partial charge < -0.3 is 10.2 Å². The summed E-state index contributed by atoms with van der Waals surface area (Å²) in [5, 5.41) is 6.51. The first-order valence-corrected chi connectivity index (χ1v) is 18.6. The molecule has 2 aromatic carbocycles. The smallest absolute Gasteiger partial charge is 0.224 e. The Hall–Kier alpha value is -1.78. The zero-order chi connectivity index (χ0) is 33.5. The third kappa shape index (κ3) is 17.1. The van der Waals surface area contributed by atoms with Gasteiger partial charge in [0.05, 0.1) is 0 Å². The van der Waals surface area contributed by atoms with Crippen LogP contribution in [0.1, 0.15) is 63.8 Å². The van der Waals surface area contributed by atoms with Gasteiger partial charge >= 0.3 is 0 Å². The van der Waals surface area contributed by atoms with Gasteiger partial charge in [0.2, 0.25) is 10.6 Å². The third-order valence-electron chi connectivity index (χ3n) is 5.91. The standard InChI is InChI=1S/C17H21BrClN3.C9H14ClN3.C8H8Br2/c1-17(2,3)12-22(15-8-9-20-16(19)21-15)11-14-6-4-13(10-18)5-7-14;1-9(2,3)6-12-7-4-5-11-8(10)13-7;9-5-7-1-2-8(6-10)4-3-7/h4-9H,10-12H2,1-3H3;4-5H,6H2,1-3H3,(H,11,12,13);1-4H,5-6H2. The van der Waals surface area contributed by atoms with E-state index in [0.29, 0.717) is 0 Å². The van der Waals surface area contributed by atoms with E-state index in [1.807, 2.05) is 6.07 Å². The van der Waals surface area contributed by atoms with E-state index in [4.69, 9.17) is 23.2 Å². The van der Waals surface area contributed by atoms with E-state index in [0.717, 1.165) is 47.3 Å². The van der Waals surface area contributed by atoms with Crippen LogP contribution in [-0.2, 0) is 22.5 Å². The average molecular weight is 846 g/mol. The van der Waals surface area contributed by atoms with Crippen LogP contribution in [0, 0.1) is 10.8 Å². The predicted octanol–water partition coefficient (Wildman–Crippen LogP) is 11.1. The average Bonchev–Trinajstić information content (AvgIpc) is 3.00. The van der Waals surface area contributed by atoms with Crippen LogP contribution in [0.2, 0.25) is 10.6 Å². The van der Waals surface area contributed by atoms with Crippen molar-refractivity contribution in [3.8, 4) is 0 Å². The number of alkyl halides is 3. The summed E-state index contributed by atoms with van der Waals surface area (Å²) in [6.07, 6.45) is 3.34. The van der Waals surface area contributed by atoms with Crippen LogP contribution in [0.5, 0.6) is 0 Å². The van der Waals surface area contributed by atoms with Gasteiger partial charge in [-0.05, 0) is 68.4 Å². The fourth-order valence-corrected chi connectivity index (χ4v) is 5.17. The molecule has 0 atom stereocenters. The first-order valence-electron chi connectivity index (χ1n) is 14.5. The highest BCUT2D eigenvalue weighted by molar-refractivity contribution is 9.09. The lowest BCUT2D eigenvalue weighted by Gasteiger charge is -2.31. The summed E-state index contributed by atoms with van der Waals surface area (Å²) >= 11 is 21.8. The molecule has 0 fully saturated rings. The van der Waals surface area contributed by atoms with E-state index in [1.54, 1.807) is 18.5 Å². The van der Waals surface area contributed by atoms with Crippen LogP contribution in [-0.4, -0.2) is 33.0 Å². The highest BCUT2D eigenvalue weighted by Crippen LogP contribution is 2.23. The fraction of sp³-hybridized carbons (Fsp3) is 0.412. The summed E-state index contributed by atoms with van der Waals surface area (Å²) in [5.74, 6) is 1.63. The van der Waals surface area contributed by atoms with Crippen molar-refractivity contribution in [2.24, 2.45) is 10.8 Å². The summed E-state index contributed by atoms with van der Waals surface area (Å²) in [7, 11) is 0. The third-order valence-corrected chi connectivity index (χ3v) is 8.22. The summed E-state index contributed by atoms with van der Waals surface area (Å²) < 4.78 is 0. The molecule has 2 heterocycles. The minimum absolute atomic E-state index is 0.160. The molecule has 0 amide bonds. The van der Waals surface area contributed by atoms with Gasteiger partial charge in [-0.2, -0.15) is 0 Å². The topological polar surface area (TPSA) is 66.8 Å². The lowest BCUT2D eigenvalue weighted by Crippen LogP contribution is -2.33. The van der Waals surface area contributed by atoms with E-state index in [-0.39, 0.29) is 21.4 Å².